The number of methoxy groups -OCH3 is 1. The van der Waals surface area contributed by atoms with Crippen LogP contribution in [0, 0.1) is 0 Å². The van der Waals surface area contributed by atoms with Crippen molar-refractivity contribution in [1.82, 2.24) is 14.3 Å². The Morgan fingerprint density at radius 3 is 2.46 bits per heavy atom. The van der Waals surface area contributed by atoms with Crippen LogP contribution in [0.15, 0.2) is 71.9 Å². The van der Waals surface area contributed by atoms with Gasteiger partial charge in [-0.15, -0.1) is 0 Å². The largest absolute Gasteiger partial charge is 0.494 e. The molecule has 8 nitrogen and oxygen atoms in total. The molecule has 3 heterocycles. The van der Waals surface area contributed by atoms with Gasteiger partial charge < -0.3 is 4.74 Å². The van der Waals surface area contributed by atoms with Gasteiger partial charge in [-0.25, -0.2) is 13.4 Å². The van der Waals surface area contributed by atoms with Crippen LogP contribution in [0.4, 0.5) is 5.13 Å². The van der Waals surface area contributed by atoms with Gasteiger partial charge in [-0.1, -0.05) is 36.3 Å². The van der Waals surface area contributed by atoms with Crippen molar-refractivity contribution in [2.45, 2.75) is 37.1 Å². The Kier molecular flexibility index (Phi) is 7.50. The Morgan fingerprint density at radius 2 is 1.78 bits per heavy atom. The van der Waals surface area contributed by atoms with E-state index < -0.39 is 10.0 Å². The Balaban J connectivity index is 1.47. The van der Waals surface area contributed by atoms with Crippen LogP contribution in [0.2, 0.25) is 0 Å². The second-order valence-corrected chi connectivity index (χ2v) is 11.8. The molecular formula is C27H28N4O4S2. The predicted molar refractivity (Wildman–Crippen MR) is 145 cm³/mol. The predicted octanol–water partition coefficient (Wildman–Crippen LogP) is 5.11. The molecule has 5 rings (SSSR count). The van der Waals surface area contributed by atoms with Crippen molar-refractivity contribution < 1.29 is 17.9 Å². The highest BCUT2D eigenvalue weighted by Crippen LogP contribution is 2.35. The lowest BCUT2D eigenvalue weighted by molar-refractivity contribution is 0.0985. The average Bonchev–Trinajstić information content (AvgIpc) is 3.16. The molecule has 2 aromatic heterocycles. The second kappa shape index (κ2) is 11.0. The fourth-order valence-electron chi connectivity index (χ4n) is 4.45. The molecule has 1 aliphatic rings. The number of fused-ring (bicyclic) bond motifs is 1. The molecule has 192 valence electrons. The van der Waals surface area contributed by atoms with Crippen LogP contribution in [0.3, 0.4) is 0 Å². The van der Waals surface area contributed by atoms with Gasteiger partial charge in [0.2, 0.25) is 10.0 Å². The van der Waals surface area contributed by atoms with Crippen molar-refractivity contribution in [3.05, 3.63) is 78.1 Å². The Morgan fingerprint density at radius 1 is 1.03 bits per heavy atom. The van der Waals surface area contributed by atoms with Gasteiger partial charge in [-0.3, -0.25) is 14.7 Å². The fourth-order valence-corrected chi connectivity index (χ4v) is 6.95. The van der Waals surface area contributed by atoms with E-state index in [1.807, 2.05) is 30.3 Å². The van der Waals surface area contributed by atoms with Gasteiger partial charge in [0.25, 0.3) is 5.91 Å². The number of aromatic nitrogens is 2. The van der Waals surface area contributed by atoms with E-state index in [1.165, 1.54) is 23.5 Å². The SMILES string of the molecule is COc1cccc2sc(N(Cc3cccnc3)C(=O)c3ccc(S(=O)(=O)N4CCCCCC4)cc3)nc12. The molecule has 1 saturated heterocycles. The van der Waals surface area contributed by atoms with Crippen LogP contribution in [0.1, 0.15) is 41.6 Å². The number of para-hydroxylation sites is 1. The lowest BCUT2D eigenvalue weighted by Crippen LogP contribution is -2.32. The van der Waals surface area contributed by atoms with E-state index in [0.717, 1.165) is 35.9 Å². The van der Waals surface area contributed by atoms with E-state index in [1.54, 1.807) is 40.8 Å². The summed E-state index contributed by atoms with van der Waals surface area (Å²) in [5, 5.41) is 0.523. The van der Waals surface area contributed by atoms with E-state index in [4.69, 9.17) is 9.72 Å². The highest BCUT2D eigenvalue weighted by atomic mass is 32.2. The van der Waals surface area contributed by atoms with Gasteiger partial charge in [0, 0.05) is 31.0 Å². The van der Waals surface area contributed by atoms with Gasteiger partial charge in [-0.05, 0) is 60.9 Å². The highest BCUT2D eigenvalue weighted by Gasteiger charge is 2.27. The number of hydrogen-bond donors (Lipinski definition) is 0. The number of sulfonamides is 1. The van der Waals surface area contributed by atoms with Crippen molar-refractivity contribution in [1.29, 1.82) is 0 Å². The number of benzene rings is 2. The molecule has 1 amide bonds. The molecule has 0 radical (unpaired) electrons. The molecule has 4 aromatic rings. The number of rotatable bonds is 7. The van der Waals surface area contributed by atoms with Crippen molar-refractivity contribution >= 4 is 42.6 Å². The third-order valence-corrected chi connectivity index (χ3v) is 9.39. The van der Waals surface area contributed by atoms with Crippen LogP contribution < -0.4 is 9.64 Å². The number of thiazole rings is 1. The molecule has 0 bridgehead atoms. The van der Waals surface area contributed by atoms with E-state index >= 15 is 0 Å². The van der Waals surface area contributed by atoms with Crippen molar-refractivity contribution in [2.75, 3.05) is 25.1 Å². The smallest absolute Gasteiger partial charge is 0.260 e. The van der Waals surface area contributed by atoms with Gasteiger partial charge in [0.05, 0.1) is 23.2 Å². The minimum atomic E-state index is -3.60. The summed E-state index contributed by atoms with van der Waals surface area (Å²) in [6.45, 7) is 1.33. The molecule has 1 fully saturated rings. The summed E-state index contributed by atoms with van der Waals surface area (Å²) in [5.74, 6) is 0.359. The summed E-state index contributed by atoms with van der Waals surface area (Å²) < 4.78 is 34.3. The van der Waals surface area contributed by atoms with Gasteiger partial charge in [0.15, 0.2) is 5.13 Å². The maximum atomic E-state index is 13.8. The first-order valence-electron chi connectivity index (χ1n) is 12.2. The number of pyridine rings is 1. The molecule has 37 heavy (non-hydrogen) atoms. The van der Waals surface area contributed by atoms with Crippen LogP contribution in [-0.2, 0) is 16.6 Å². The summed E-state index contributed by atoms with van der Waals surface area (Å²) >= 11 is 1.40. The molecule has 0 spiro atoms. The maximum absolute atomic E-state index is 13.8. The zero-order valence-electron chi connectivity index (χ0n) is 20.5. The lowest BCUT2D eigenvalue weighted by Gasteiger charge is -2.21. The quantitative estimate of drug-likeness (QED) is 0.326. The Bertz CT molecular complexity index is 1480. The number of anilines is 1. The molecule has 0 saturated carbocycles. The van der Waals surface area contributed by atoms with Gasteiger partial charge >= 0.3 is 0 Å². The third-order valence-electron chi connectivity index (χ3n) is 6.43. The number of carbonyl (C=O) groups is 1. The zero-order chi connectivity index (χ0) is 25.8. The Hall–Kier alpha value is -3.34. The first-order valence-corrected chi connectivity index (χ1v) is 14.5. The van der Waals surface area contributed by atoms with Gasteiger partial charge in [-0.2, -0.15) is 4.31 Å². The molecule has 0 unspecified atom stereocenters. The van der Waals surface area contributed by atoms with E-state index in [2.05, 4.69) is 4.98 Å². The molecular weight excluding hydrogens is 508 g/mol. The standard InChI is InChI=1S/C27H28N4O4S2/c1-35-23-9-6-10-24-25(23)29-27(36-24)31(19-20-8-7-15-28-18-20)26(32)21-11-13-22(14-12-21)37(33,34)30-16-4-2-3-5-17-30/h6-15,18H,2-5,16-17,19H2,1H3. The van der Waals surface area contributed by atoms with Crippen LogP contribution in [-0.4, -0.2) is 48.8 Å². The summed E-state index contributed by atoms with van der Waals surface area (Å²) in [6, 6.07) is 15.6. The molecule has 0 N–H and O–H groups in total. The first-order chi connectivity index (χ1) is 18.0. The summed E-state index contributed by atoms with van der Waals surface area (Å²) in [6.07, 6.45) is 7.22. The van der Waals surface area contributed by atoms with Crippen molar-refractivity contribution in [2.24, 2.45) is 0 Å². The third kappa shape index (κ3) is 5.36. The van der Waals surface area contributed by atoms with E-state index in [9.17, 15) is 13.2 Å². The summed E-state index contributed by atoms with van der Waals surface area (Å²) in [4.78, 5) is 24.5. The molecule has 2 aromatic carbocycles. The number of nitrogens with zero attached hydrogens (tertiary/aromatic N) is 4. The van der Waals surface area contributed by atoms with Crippen molar-refractivity contribution in [3.8, 4) is 5.75 Å². The van der Waals surface area contributed by atoms with Gasteiger partial charge in [0.1, 0.15) is 11.3 Å². The number of carbonyl (C=O) groups excluding carboxylic acids is 1. The minimum absolute atomic E-state index is 0.203. The normalized spacial score (nSPS) is 14.8. The first kappa shape index (κ1) is 25.3. The Labute approximate surface area is 220 Å². The average molecular weight is 537 g/mol. The van der Waals surface area contributed by atoms with E-state index in [0.29, 0.717) is 35.1 Å². The van der Waals surface area contributed by atoms with E-state index in [-0.39, 0.29) is 17.3 Å². The summed E-state index contributed by atoms with van der Waals surface area (Å²) in [7, 11) is -2.01. The number of hydrogen-bond acceptors (Lipinski definition) is 7. The fraction of sp³-hybridized carbons (Fsp3) is 0.296. The summed E-state index contributed by atoms with van der Waals surface area (Å²) in [5.41, 5.74) is 1.92. The lowest BCUT2D eigenvalue weighted by atomic mass is 10.2. The second-order valence-electron chi connectivity index (χ2n) is 8.90. The minimum Gasteiger partial charge on any atom is -0.494 e. The maximum Gasteiger partial charge on any atom is 0.260 e. The van der Waals surface area contributed by atoms with Crippen LogP contribution in [0.5, 0.6) is 5.75 Å². The van der Waals surface area contributed by atoms with Crippen LogP contribution in [0.25, 0.3) is 10.2 Å². The molecule has 1 aliphatic heterocycles. The topological polar surface area (TPSA) is 92.7 Å². The molecule has 0 aliphatic carbocycles. The molecule has 10 heteroatoms. The molecule has 0 atom stereocenters. The van der Waals surface area contributed by atoms with Crippen LogP contribution >= 0.6 is 11.3 Å². The number of amides is 1. The highest BCUT2D eigenvalue weighted by molar-refractivity contribution is 7.89. The monoisotopic (exact) mass is 536 g/mol. The van der Waals surface area contributed by atoms with Crippen molar-refractivity contribution in [3.63, 3.8) is 0 Å². The number of ether oxygens (including phenoxy) is 1. The zero-order valence-corrected chi connectivity index (χ0v) is 22.2.